The highest BCUT2D eigenvalue weighted by molar-refractivity contribution is 6.12. The highest BCUT2D eigenvalue weighted by atomic mass is 14.5. The van der Waals surface area contributed by atoms with Crippen LogP contribution in [0.25, 0.3) is 0 Å². The molecule has 1 aromatic carbocycles. The largest absolute Gasteiger partial charge is 0.304 e. The van der Waals surface area contributed by atoms with Gasteiger partial charge in [-0.2, -0.15) is 0 Å². The highest BCUT2D eigenvalue weighted by Gasteiger charge is 2.33. The Kier molecular flexibility index (Phi) is 13.5. The second-order valence-electron chi connectivity index (χ2n) is 11.8. The van der Waals surface area contributed by atoms with Crippen LogP contribution in [0.5, 0.6) is 0 Å². The molecule has 0 aromatic heterocycles. The van der Waals surface area contributed by atoms with Crippen molar-refractivity contribution in [3.8, 4) is 0 Å². The lowest BCUT2D eigenvalue weighted by molar-refractivity contribution is 0.586. The summed E-state index contributed by atoms with van der Waals surface area (Å²) < 4.78 is 0. The van der Waals surface area contributed by atoms with Crippen molar-refractivity contribution in [2.75, 3.05) is 0 Å². The maximum atomic E-state index is 9.36. The summed E-state index contributed by atoms with van der Waals surface area (Å²) in [6, 6.07) is 6.45. The Morgan fingerprint density at radius 3 is 2.29 bits per heavy atom. The second-order valence-corrected chi connectivity index (χ2v) is 11.8. The standard InChI is InChI=1S/C36H56N2/c1-8-12-14-15-17-23-31(22-16-13-9-2)36(7,11-4)33-25-24-30(34(37)28(6)27(5)10-3)26-32(33)35(38)29-20-18-19-21-29/h11,22,24-27,29,37-38H,4,6,8-10,12-21,23H2,1-3,5,7H3/b31-22+,37-34?,38-35?. The minimum atomic E-state index is -0.326. The van der Waals surface area contributed by atoms with Gasteiger partial charge in [0.15, 0.2) is 0 Å². The van der Waals surface area contributed by atoms with Crippen LogP contribution in [0.15, 0.2) is 54.7 Å². The molecule has 1 saturated carbocycles. The third-order valence-electron chi connectivity index (χ3n) is 9.02. The van der Waals surface area contributed by atoms with Crippen LogP contribution in [0.2, 0.25) is 0 Å². The van der Waals surface area contributed by atoms with E-state index in [1.54, 1.807) is 0 Å². The van der Waals surface area contributed by atoms with Gasteiger partial charge in [0, 0.05) is 28.2 Å². The molecule has 0 spiro atoms. The van der Waals surface area contributed by atoms with Crippen LogP contribution in [-0.2, 0) is 5.41 Å². The molecule has 210 valence electrons. The molecule has 1 aliphatic rings. The molecule has 2 unspecified atom stereocenters. The summed E-state index contributed by atoms with van der Waals surface area (Å²) in [6.45, 7) is 19.8. The smallest absolute Gasteiger partial charge is 0.0641 e. The summed E-state index contributed by atoms with van der Waals surface area (Å²) in [6.07, 6.45) is 21.1. The van der Waals surface area contributed by atoms with Gasteiger partial charge in [-0.1, -0.05) is 115 Å². The molecule has 0 heterocycles. The van der Waals surface area contributed by atoms with Crippen molar-refractivity contribution in [1.82, 2.24) is 0 Å². The lowest BCUT2D eigenvalue weighted by atomic mass is 9.70. The molecule has 0 aliphatic heterocycles. The van der Waals surface area contributed by atoms with Gasteiger partial charge in [0.05, 0.1) is 5.71 Å². The number of hydrogen-bond acceptors (Lipinski definition) is 2. The van der Waals surface area contributed by atoms with E-state index in [1.807, 2.05) is 0 Å². The molecule has 0 amide bonds. The van der Waals surface area contributed by atoms with E-state index in [0.29, 0.717) is 11.6 Å². The molecule has 0 bridgehead atoms. The molecule has 38 heavy (non-hydrogen) atoms. The molecule has 1 aliphatic carbocycles. The summed E-state index contributed by atoms with van der Waals surface area (Å²) in [5, 5.41) is 18.3. The van der Waals surface area contributed by atoms with Crippen molar-refractivity contribution in [3.63, 3.8) is 0 Å². The van der Waals surface area contributed by atoms with Crippen molar-refractivity contribution >= 4 is 11.4 Å². The molecule has 2 atom stereocenters. The molecule has 2 N–H and O–H groups in total. The minimum Gasteiger partial charge on any atom is -0.304 e. The average molecular weight is 517 g/mol. The fraction of sp³-hybridized carbons (Fsp3) is 0.611. The van der Waals surface area contributed by atoms with Crippen LogP contribution >= 0.6 is 0 Å². The van der Waals surface area contributed by atoms with E-state index >= 15 is 0 Å². The summed E-state index contributed by atoms with van der Waals surface area (Å²) in [7, 11) is 0. The zero-order valence-electron chi connectivity index (χ0n) is 25.4. The SMILES string of the molecule is C=CC(C)(/C(=C/CCCC)CCCCCCC)c1ccc(C(=N)C(=C)C(C)CC)cc1C(=N)C1CCCC1. The van der Waals surface area contributed by atoms with Crippen LogP contribution < -0.4 is 0 Å². The molecule has 0 radical (unpaired) electrons. The Bertz CT molecular complexity index is 975. The van der Waals surface area contributed by atoms with Gasteiger partial charge in [-0.05, 0) is 68.6 Å². The number of allylic oxidation sites excluding steroid dienone is 4. The van der Waals surface area contributed by atoms with E-state index in [-0.39, 0.29) is 11.3 Å². The van der Waals surface area contributed by atoms with Gasteiger partial charge in [0.1, 0.15) is 0 Å². The van der Waals surface area contributed by atoms with Crippen LogP contribution in [0, 0.1) is 22.7 Å². The van der Waals surface area contributed by atoms with E-state index in [2.05, 4.69) is 78.1 Å². The Balaban J connectivity index is 2.57. The van der Waals surface area contributed by atoms with Crippen molar-refractivity contribution < 1.29 is 0 Å². The molecule has 2 rings (SSSR count). The number of nitrogens with one attached hydrogen (secondary N) is 2. The number of unbranched alkanes of at least 4 members (excludes halogenated alkanes) is 6. The lowest BCUT2D eigenvalue weighted by Gasteiger charge is -2.34. The molecule has 0 saturated heterocycles. The Hall–Kier alpha value is -2.22. The molecule has 2 heteroatoms. The first kappa shape index (κ1) is 32.0. The number of hydrogen-bond donors (Lipinski definition) is 2. The molecular formula is C36H56N2. The van der Waals surface area contributed by atoms with Gasteiger partial charge >= 0.3 is 0 Å². The zero-order valence-corrected chi connectivity index (χ0v) is 25.4. The highest BCUT2D eigenvalue weighted by Crippen LogP contribution is 2.41. The van der Waals surface area contributed by atoms with Crippen LogP contribution in [0.3, 0.4) is 0 Å². The third kappa shape index (κ3) is 8.14. The monoisotopic (exact) mass is 516 g/mol. The summed E-state index contributed by atoms with van der Waals surface area (Å²) >= 11 is 0. The quantitative estimate of drug-likeness (QED) is 0.111. The Morgan fingerprint density at radius 1 is 1.03 bits per heavy atom. The summed E-state index contributed by atoms with van der Waals surface area (Å²) in [5.41, 5.74) is 6.37. The number of rotatable bonds is 18. The predicted molar refractivity (Wildman–Crippen MR) is 169 cm³/mol. The Labute approximate surface area is 235 Å². The first-order chi connectivity index (χ1) is 18.2. The van der Waals surface area contributed by atoms with Gasteiger partial charge in [-0.3, -0.25) is 5.41 Å². The van der Waals surface area contributed by atoms with Gasteiger partial charge in [-0.25, -0.2) is 0 Å². The maximum Gasteiger partial charge on any atom is 0.0641 e. The normalized spacial score (nSPS) is 16.7. The van der Waals surface area contributed by atoms with Crippen LogP contribution in [0.1, 0.15) is 141 Å². The van der Waals surface area contributed by atoms with Crippen LogP contribution in [0.4, 0.5) is 0 Å². The Morgan fingerprint density at radius 2 is 1.68 bits per heavy atom. The predicted octanol–water partition coefficient (Wildman–Crippen LogP) is 11.1. The average Bonchev–Trinajstić information content (AvgIpc) is 3.49. The minimum absolute atomic E-state index is 0.277. The molecule has 2 nitrogen and oxygen atoms in total. The zero-order chi connectivity index (χ0) is 28.1. The first-order valence-electron chi connectivity index (χ1n) is 15.6. The maximum absolute atomic E-state index is 9.36. The fourth-order valence-electron chi connectivity index (χ4n) is 5.88. The van der Waals surface area contributed by atoms with E-state index < -0.39 is 0 Å². The lowest BCUT2D eigenvalue weighted by Crippen LogP contribution is -2.27. The fourth-order valence-corrected chi connectivity index (χ4v) is 5.88. The topological polar surface area (TPSA) is 47.7 Å². The molecular weight excluding hydrogens is 460 g/mol. The third-order valence-corrected chi connectivity index (χ3v) is 9.02. The summed E-state index contributed by atoms with van der Waals surface area (Å²) in [5.74, 6) is 0.589. The van der Waals surface area contributed by atoms with Gasteiger partial charge in [-0.15, -0.1) is 6.58 Å². The van der Waals surface area contributed by atoms with E-state index in [1.165, 1.54) is 68.9 Å². The van der Waals surface area contributed by atoms with Gasteiger partial charge in [0.25, 0.3) is 0 Å². The van der Waals surface area contributed by atoms with Crippen molar-refractivity contribution in [2.24, 2.45) is 11.8 Å². The number of benzene rings is 1. The first-order valence-corrected chi connectivity index (χ1v) is 15.6. The van der Waals surface area contributed by atoms with Gasteiger partial charge < -0.3 is 5.41 Å². The second kappa shape index (κ2) is 16.0. The van der Waals surface area contributed by atoms with Crippen LogP contribution in [-0.4, -0.2) is 11.4 Å². The van der Waals surface area contributed by atoms with E-state index in [0.717, 1.165) is 54.5 Å². The van der Waals surface area contributed by atoms with Gasteiger partial charge in [0.2, 0.25) is 0 Å². The van der Waals surface area contributed by atoms with Crippen molar-refractivity contribution in [1.29, 1.82) is 10.8 Å². The molecule has 1 aromatic rings. The molecule has 1 fully saturated rings. The van der Waals surface area contributed by atoms with E-state index in [4.69, 9.17) is 5.41 Å². The van der Waals surface area contributed by atoms with E-state index in [9.17, 15) is 5.41 Å². The van der Waals surface area contributed by atoms with Crippen molar-refractivity contribution in [3.05, 3.63) is 71.3 Å². The van der Waals surface area contributed by atoms with Crippen molar-refractivity contribution in [2.45, 2.75) is 130 Å². The summed E-state index contributed by atoms with van der Waals surface area (Å²) in [4.78, 5) is 0.